The summed E-state index contributed by atoms with van der Waals surface area (Å²) in [4.78, 5) is 4.45. The number of hydrogen-bond acceptors (Lipinski definition) is 3. The Labute approximate surface area is 112 Å². The van der Waals surface area contributed by atoms with Crippen molar-refractivity contribution in [2.24, 2.45) is 4.99 Å². The summed E-state index contributed by atoms with van der Waals surface area (Å²) in [6.07, 6.45) is 3.04. The minimum absolute atomic E-state index is 0.273. The molecule has 0 spiro atoms. The summed E-state index contributed by atoms with van der Waals surface area (Å²) in [7, 11) is -3.44. The smallest absolute Gasteiger partial charge is 0.206 e. The Bertz CT molecular complexity index is 687. The molecule has 0 radical (unpaired) electrons. The van der Waals surface area contributed by atoms with E-state index in [2.05, 4.69) is 11.6 Å². The quantitative estimate of drug-likeness (QED) is 0.802. The second-order valence-corrected chi connectivity index (χ2v) is 5.80. The predicted molar refractivity (Wildman–Crippen MR) is 76.1 cm³/mol. The van der Waals surface area contributed by atoms with Crippen molar-refractivity contribution in [3.05, 3.63) is 72.9 Å². The molecule has 2 aromatic rings. The van der Waals surface area contributed by atoms with Gasteiger partial charge in [0.15, 0.2) is 0 Å². The van der Waals surface area contributed by atoms with Crippen LogP contribution in [0.3, 0.4) is 0 Å². The van der Waals surface area contributed by atoms with Crippen molar-refractivity contribution in [1.82, 2.24) is 0 Å². The standard InChI is InChI=1S/C15H13NO2S/c1-2-16-12-13-8-10-15(11-9-13)19(17,18)14-6-4-3-5-7-14/h2-12H,1H2/b16-12+. The molecule has 96 valence electrons. The molecule has 2 aromatic carbocycles. The average molecular weight is 271 g/mol. The lowest BCUT2D eigenvalue weighted by atomic mass is 10.2. The Hall–Kier alpha value is -2.20. The van der Waals surface area contributed by atoms with Gasteiger partial charge in [-0.05, 0) is 29.8 Å². The van der Waals surface area contributed by atoms with Crippen LogP contribution in [-0.2, 0) is 9.84 Å². The van der Waals surface area contributed by atoms with E-state index in [1.165, 1.54) is 6.20 Å². The van der Waals surface area contributed by atoms with Gasteiger partial charge in [0.1, 0.15) is 0 Å². The van der Waals surface area contributed by atoms with Crippen LogP contribution in [0.1, 0.15) is 5.56 Å². The Morgan fingerprint density at radius 1 is 0.895 bits per heavy atom. The van der Waals surface area contributed by atoms with E-state index >= 15 is 0 Å². The Morgan fingerprint density at radius 3 is 2.05 bits per heavy atom. The third-order valence-corrected chi connectivity index (χ3v) is 4.36. The molecule has 0 saturated carbocycles. The van der Waals surface area contributed by atoms with Crippen LogP contribution in [0.25, 0.3) is 0 Å². The molecular formula is C15H13NO2S. The Balaban J connectivity index is 2.37. The molecule has 0 aliphatic heterocycles. The number of hydrogen-bond donors (Lipinski definition) is 0. The molecule has 0 heterocycles. The lowest BCUT2D eigenvalue weighted by Crippen LogP contribution is -2.01. The maximum Gasteiger partial charge on any atom is 0.206 e. The van der Waals surface area contributed by atoms with Gasteiger partial charge >= 0.3 is 0 Å². The van der Waals surface area contributed by atoms with E-state index in [1.807, 2.05) is 0 Å². The lowest BCUT2D eigenvalue weighted by molar-refractivity contribution is 0.596. The van der Waals surface area contributed by atoms with Gasteiger partial charge in [-0.3, -0.25) is 4.99 Å². The molecule has 0 bridgehead atoms. The molecular weight excluding hydrogens is 258 g/mol. The van der Waals surface area contributed by atoms with Crippen LogP contribution < -0.4 is 0 Å². The van der Waals surface area contributed by atoms with Crippen molar-refractivity contribution < 1.29 is 8.42 Å². The molecule has 2 rings (SSSR count). The summed E-state index contributed by atoms with van der Waals surface area (Å²) in [6, 6.07) is 14.9. The first-order chi connectivity index (χ1) is 9.14. The van der Waals surface area contributed by atoms with Crippen molar-refractivity contribution in [3.63, 3.8) is 0 Å². The van der Waals surface area contributed by atoms with E-state index in [4.69, 9.17) is 0 Å². The molecule has 0 aliphatic rings. The Kier molecular flexibility index (Phi) is 3.92. The molecule has 19 heavy (non-hydrogen) atoms. The average Bonchev–Trinajstić information content (AvgIpc) is 2.46. The van der Waals surface area contributed by atoms with Crippen molar-refractivity contribution >= 4 is 16.1 Å². The summed E-state index contributed by atoms with van der Waals surface area (Å²) in [6.45, 7) is 3.48. The van der Waals surface area contributed by atoms with E-state index in [9.17, 15) is 8.42 Å². The van der Waals surface area contributed by atoms with E-state index in [0.29, 0.717) is 4.90 Å². The zero-order valence-corrected chi connectivity index (χ0v) is 11.0. The minimum atomic E-state index is -3.44. The van der Waals surface area contributed by atoms with Crippen molar-refractivity contribution in [2.45, 2.75) is 9.79 Å². The van der Waals surface area contributed by atoms with E-state index in [0.717, 1.165) is 5.56 Å². The number of rotatable bonds is 4. The molecule has 0 amide bonds. The van der Waals surface area contributed by atoms with E-state index < -0.39 is 9.84 Å². The second kappa shape index (κ2) is 5.63. The summed E-state index contributed by atoms with van der Waals surface area (Å²) in [5.41, 5.74) is 0.826. The van der Waals surface area contributed by atoms with E-state index in [-0.39, 0.29) is 4.90 Å². The zero-order valence-electron chi connectivity index (χ0n) is 10.2. The third kappa shape index (κ3) is 2.98. The second-order valence-electron chi connectivity index (χ2n) is 3.85. The van der Waals surface area contributed by atoms with Crippen LogP contribution in [0.4, 0.5) is 0 Å². The zero-order chi connectivity index (χ0) is 13.7. The third-order valence-electron chi connectivity index (χ3n) is 2.57. The number of sulfone groups is 1. The van der Waals surface area contributed by atoms with Crippen LogP contribution in [-0.4, -0.2) is 14.6 Å². The highest BCUT2D eigenvalue weighted by molar-refractivity contribution is 7.91. The van der Waals surface area contributed by atoms with Gasteiger partial charge in [0.05, 0.1) is 9.79 Å². The van der Waals surface area contributed by atoms with Gasteiger partial charge < -0.3 is 0 Å². The summed E-state index contributed by atoms with van der Waals surface area (Å²) in [5.74, 6) is 0. The molecule has 3 nitrogen and oxygen atoms in total. The molecule has 4 heteroatoms. The molecule has 0 saturated heterocycles. The van der Waals surface area contributed by atoms with Gasteiger partial charge in [0.2, 0.25) is 9.84 Å². The first-order valence-corrected chi connectivity index (χ1v) is 7.17. The van der Waals surface area contributed by atoms with Gasteiger partial charge in [-0.1, -0.05) is 36.9 Å². The van der Waals surface area contributed by atoms with Crippen molar-refractivity contribution in [3.8, 4) is 0 Å². The predicted octanol–water partition coefficient (Wildman–Crippen LogP) is 3.08. The normalized spacial score (nSPS) is 11.6. The molecule has 0 N–H and O–H groups in total. The largest absolute Gasteiger partial charge is 0.265 e. The van der Waals surface area contributed by atoms with Gasteiger partial charge in [-0.15, -0.1) is 0 Å². The number of benzene rings is 2. The fourth-order valence-corrected chi connectivity index (χ4v) is 2.89. The molecule has 0 aliphatic carbocycles. The van der Waals surface area contributed by atoms with Crippen LogP contribution in [0.15, 0.2) is 82.2 Å². The van der Waals surface area contributed by atoms with Crippen LogP contribution in [0.2, 0.25) is 0 Å². The van der Waals surface area contributed by atoms with Gasteiger partial charge in [-0.25, -0.2) is 8.42 Å². The summed E-state index contributed by atoms with van der Waals surface area (Å²) >= 11 is 0. The van der Waals surface area contributed by atoms with Gasteiger partial charge in [0.25, 0.3) is 0 Å². The summed E-state index contributed by atoms with van der Waals surface area (Å²) in [5, 5.41) is 0. The highest BCUT2D eigenvalue weighted by Crippen LogP contribution is 2.20. The lowest BCUT2D eigenvalue weighted by Gasteiger charge is -2.04. The van der Waals surface area contributed by atoms with Gasteiger partial charge in [-0.2, -0.15) is 0 Å². The maximum atomic E-state index is 12.3. The Morgan fingerprint density at radius 2 is 1.47 bits per heavy atom. The number of aliphatic imine (C=N–C) groups is 1. The maximum absolute atomic E-state index is 12.3. The molecule has 0 fully saturated rings. The highest BCUT2D eigenvalue weighted by atomic mass is 32.2. The number of nitrogens with zero attached hydrogens (tertiary/aromatic N) is 1. The van der Waals surface area contributed by atoms with Crippen LogP contribution >= 0.6 is 0 Å². The first kappa shape index (κ1) is 13.2. The van der Waals surface area contributed by atoms with Crippen LogP contribution in [0, 0.1) is 0 Å². The van der Waals surface area contributed by atoms with Crippen LogP contribution in [0.5, 0.6) is 0 Å². The fourth-order valence-electron chi connectivity index (χ4n) is 1.61. The van der Waals surface area contributed by atoms with Crippen molar-refractivity contribution in [1.29, 1.82) is 0 Å². The van der Waals surface area contributed by atoms with E-state index in [1.54, 1.807) is 60.8 Å². The topological polar surface area (TPSA) is 46.5 Å². The van der Waals surface area contributed by atoms with Gasteiger partial charge in [0, 0.05) is 12.4 Å². The molecule has 0 aromatic heterocycles. The fraction of sp³-hybridized carbons (Fsp3) is 0. The monoisotopic (exact) mass is 271 g/mol. The summed E-state index contributed by atoms with van der Waals surface area (Å²) < 4.78 is 24.6. The molecule has 0 unspecified atom stereocenters. The van der Waals surface area contributed by atoms with Crippen molar-refractivity contribution in [2.75, 3.05) is 0 Å². The highest BCUT2D eigenvalue weighted by Gasteiger charge is 2.16. The molecule has 0 atom stereocenters. The first-order valence-electron chi connectivity index (χ1n) is 5.69. The SMILES string of the molecule is C=C/N=C/c1ccc(S(=O)(=O)c2ccccc2)cc1. The minimum Gasteiger partial charge on any atom is -0.265 e.